The molecule has 3 unspecified atom stereocenters. The average Bonchev–Trinajstić information content (AvgIpc) is 2.51. The highest BCUT2D eigenvalue weighted by atomic mass is 127. The van der Waals surface area contributed by atoms with Crippen molar-refractivity contribution in [3.05, 3.63) is 0 Å². The molecule has 2 heteroatoms. The summed E-state index contributed by atoms with van der Waals surface area (Å²) in [6.45, 7) is 4.53. The first-order chi connectivity index (χ1) is 8.24. The van der Waals surface area contributed by atoms with Gasteiger partial charge in [-0.25, -0.2) is 0 Å². The van der Waals surface area contributed by atoms with Crippen molar-refractivity contribution in [2.45, 2.75) is 94.2 Å². The van der Waals surface area contributed by atoms with Gasteiger partial charge in [-0.1, -0.05) is 74.5 Å². The van der Waals surface area contributed by atoms with Crippen molar-refractivity contribution in [1.82, 2.24) is 0 Å². The molecule has 1 aliphatic carbocycles. The summed E-state index contributed by atoms with van der Waals surface area (Å²) in [6, 6.07) is 0. The fraction of sp³-hybridized carbons (Fsp3) is 1.00. The van der Waals surface area contributed by atoms with E-state index in [1.165, 1.54) is 64.2 Å². The minimum Gasteiger partial charge on any atom is -0.374 e. The van der Waals surface area contributed by atoms with Crippen LogP contribution < -0.4 is 0 Å². The van der Waals surface area contributed by atoms with Crippen LogP contribution >= 0.6 is 22.6 Å². The monoisotopic (exact) mass is 352 g/mol. The van der Waals surface area contributed by atoms with E-state index in [4.69, 9.17) is 4.74 Å². The summed E-state index contributed by atoms with van der Waals surface area (Å²) in [4.78, 5) is 0. The number of alkyl halides is 1. The van der Waals surface area contributed by atoms with Crippen LogP contribution in [-0.2, 0) is 4.74 Å². The summed E-state index contributed by atoms with van der Waals surface area (Å²) in [5.41, 5.74) is 0. The number of hydrogen-bond donors (Lipinski definition) is 0. The molecule has 102 valence electrons. The zero-order valence-electron chi connectivity index (χ0n) is 11.6. The van der Waals surface area contributed by atoms with Crippen LogP contribution in [0.3, 0.4) is 0 Å². The van der Waals surface area contributed by atoms with Crippen molar-refractivity contribution in [2.75, 3.05) is 0 Å². The predicted molar refractivity (Wildman–Crippen MR) is 84.0 cm³/mol. The molecule has 0 aromatic carbocycles. The quantitative estimate of drug-likeness (QED) is 0.254. The van der Waals surface area contributed by atoms with Crippen molar-refractivity contribution in [2.24, 2.45) is 0 Å². The lowest BCUT2D eigenvalue weighted by Crippen LogP contribution is -2.27. The summed E-state index contributed by atoms with van der Waals surface area (Å²) in [7, 11) is 0. The van der Waals surface area contributed by atoms with E-state index < -0.39 is 0 Å². The van der Waals surface area contributed by atoms with E-state index in [0.717, 1.165) is 3.92 Å². The molecule has 3 atom stereocenters. The van der Waals surface area contributed by atoms with Gasteiger partial charge >= 0.3 is 0 Å². The molecule has 0 N–H and O–H groups in total. The first-order valence-electron chi connectivity index (χ1n) is 7.53. The normalized spacial score (nSPS) is 27.7. The molecule has 1 saturated carbocycles. The Labute approximate surface area is 121 Å². The standard InChI is InChI=1S/C15H29IO/c1-3-4-5-7-10-13(2)17-15-12-9-6-8-11-14(15)16/h13-15H,3-12H2,1-2H3. The second-order valence-electron chi connectivity index (χ2n) is 5.49. The minimum absolute atomic E-state index is 0.465. The van der Waals surface area contributed by atoms with Gasteiger partial charge in [0.25, 0.3) is 0 Å². The number of ether oxygens (including phenoxy) is 1. The van der Waals surface area contributed by atoms with Crippen LogP contribution in [0.4, 0.5) is 0 Å². The van der Waals surface area contributed by atoms with Crippen LogP contribution in [0.15, 0.2) is 0 Å². The lowest BCUT2D eigenvalue weighted by atomic mass is 10.1. The fourth-order valence-corrected chi connectivity index (χ4v) is 3.58. The van der Waals surface area contributed by atoms with Crippen molar-refractivity contribution in [3.8, 4) is 0 Å². The smallest absolute Gasteiger partial charge is 0.0696 e. The van der Waals surface area contributed by atoms with Crippen LogP contribution in [0.1, 0.15) is 78.1 Å². The van der Waals surface area contributed by atoms with Crippen LogP contribution in [-0.4, -0.2) is 16.1 Å². The molecule has 0 aromatic heterocycles. The summed E-state index contributed by atoms with van der Waals surface area (Å²) in [5.74, 6) is 0. The van der Waals surface area contributed by atoms with Crippen LogP contribution in [0.2, 0.25) is 0 Å². The van der Waals surface area contributed by atoms with Crippen LogP contribution in [0, 0.1) is 0 Å². The maximum atomic E-state index is 6.26. The number of unbranched alkanes of at least 4 members (excludes halogenated alkanes) is 3. The minimum atomic E-state index is 0.465. The van der Waals surface area contributed by atoms with E-state index in [9.17, 15) is 0 Å². The van der Waals surface area contributed by atoms with Gasteiger partial charge in [-0.05, 0) is 26.2 Å². The van der Waals surface area contributed by atoms with Crippen molar-refractivity contribution in [1.29, 1.82) is 0 Å². The van der Waals surface area contributed by atoms with Crippen molar-refractivity contribution in [3.63, 3.8) is 0 Å². The van der Waals surface area contributed by atoms with Gasteiger partial charge in [0.15, 0.2) is 0 Å². The van der Waals surface area contributed by atoms with E-state index in [1.54, 1.807) is 0 Å². The van der Waals surface area contributed by atoms with E-state index in [0.29, 0.717) is 12.2 Å². The highest BCUT2D eigenvalue weighted by molar-refractivity contribution is 14.1. The molecular formula is C15H29IO. The van der Waals surface area contributed by atoms with Crippen LogP contribution in [0.25, 0.3) is 0 Å². The number of hydrogen-bond acceptors (Lipinski definition) is 1. The maximum absolute atomic E-state index is 6.26. The molecule has 0 radical (unpaired) electrons. The Kier molecular flexibility index (Phi) is 8.89. The number of rotatable bonds is 7. The van der Waals surface area contributed by atoms with Gasteiger partial charge in [-0.3, -0.25) is 0 Å². The predicted octanol–water partition coefficient (Wildman–Crippen LogP) is 5.50. The summed E-state index contributed by atoms with van der Waals surface area (Å²) < 4.78 is 7.00. The van der Waals surface area contributed by atoms with E-state index >= 15 is 0 Å². The molecule has 0 aliphatic heterocycles. The van der Waals surface area contributed by atoms with Gasteiger partial charge in [-0.15, -0.1) is 0 Å². The van der Waals surface area contributed by atoms with E-state index in [2.05, 4.69) is 36.4 Å². The Morgan fingerprint density at radius 2 is 1.88 bits per heavy atom. The molecule has 1 aliphatic rings. The highest BCUT2D eigenvalue weighted by Gasteiger charge is 2.23. The van der Waals surface area contributed by atoms with Gasteiger partial charge in [0.1, 0.15) is 0 Å². The molecular weight excluding hydrogens is 323 g/mol. The summed E-state index contributed by atoms with van der Waals surface area (Å²) in [6.07, 6.45) is 14.5. The van der Waals surface area contributed by atoms with E-state index in [1.807, 2.05) is 0 Å². The van der Waals surface area contributed by atoms with E-state index in [-0.39, 0.29) is 0 Å². The van der Waals surface area contributed by atoms with Gasteiger partial charge < -0.3 is 4.74 Å². The Bertz CT molecular complexity index is 184. The van der Waals surface area contributed by atoms with Gasteiger partial charge in [0.05, 0.1) is 12.2 Å². The fourth-order valence-electron chi connectivity index (χ4n) is 2.61. The topological polar surface area (TPSA) is 9.23 Å². The average molecular weight is 352 g/mol. The lowest BCUT2D eigenvalue weighted by Gasteiger charge is -2.25. The Hall–Kier alpha value is 0.690. The molecule has 1 nitrogen and oxygen atoms in total. The van der Waals surface area contributed by atoms with Gasteiger partial charge in [-0.2, -0.15) is 0 Å². The second kappa shape index (κ2) is 9.60. The summed E-state index contributed by atoms with van der Waals surface area (Å²) in [5, 5.41) is 0. The summed E-state index contributed by atoms with van der Waals surface area (Å²) >= 11 is 2.60. The molecule has 0 spiro atoms. The Morgan fingerprint density at radius 3 is 2.65 bits per heavy atom. The number of halogens is 1. The second-order valence-corrected chi connectivity index (χ2v) is 7.09. The molecule has 1 rings (SSSR count). The zero-order valence-corrected chi connectivity index (χ0v) is 13.7. The van der Waals surface area contributed by atoms with Gasteiger partial charge in [0.2, 0.25) is 0 Å². The molecule has 17 heavy (non-hydrogen) atoms. The molecule has 1 fully saturated rings. The Balaban J connectivity index is 2.16. The third kappa shape index (κ3) is 7.00. The third-order valence-electron chi connectivity index (χ3n) is 3.74. The lowest BCUT2D eigenvalue weighted by molar-refractivity contribution is -0.00890. The largest absolute Gasteiger partial charge is 0.374 e. The SMILES string of the molecule is CCCCCCC(C)OC1CCCCCC1I. The van der Waals surface area contributed by atoms with Crippen molar-refractivity contribution < 1.29 is 4.74 Å². The maximum Gasteiger partial charge on any atom is 0.0696 e. The first kappa shape index (κ1) is 15.7. The molecule has 0 aromatic rings. The van der Waals surface area contributed by atoms with Crippen LogP contribution in [0.5, 0.6) is 0 Å². The molecule has 0 bridgehead atoms. The molecule has 0 amide bonds. The molecule has 0 saturated heterocycles. The first-order valence-corrected chi connectivity index (χ1v) is 8.78. The Morgan fingerprint density at radius 1 is 1.12 bits per heavy atom. The third-order valence-corrected chi connectivity index (χ3v) is 5.17. The molecule has 0 heterocycles. The van der Waals surface area contributed by atoms with Crippen molar-refractivity contribution >= 4 is 22.6 Å². The van der Waals surface area contributed by atoms with Gasteiger partial charge in [0, 0.05) is 3.92 Å². The zero-order chi connectivity index (χ0) is 12.5. The highest BCUT2D eigenvalue weighted by Crippen LogP contribution is 2.27.